The summed E-state index contributed by atoms with van der Waals surface area (Å²) in [7, 11) is 0. The van der Waals surface area contributed by atoms with Crippen LogP contribution in [0.3, 0.4) is 0 Å². The zero-order valence-corrected chi connectivity index (χ0v) is 15.7. The molecule has 0 amide bonds. The number of halogens is 2. The van der Waals surface area contributed by atoms with Gasteiger partial charge in [0.1, 0.15) is 11.6 Å². The minimum Gasteiger partial charge on any atom is -0.372 e. The SMILES string of the molecule is C[C@H](OCC1(N2CCNCC2)Cc2ccccc2C1)c1cc(F)cc(F)c1. The van der Waals surface area contributed by atoms with Crippen molar-refractivity contribution >= 4 is 0 Å². The van der Waals surface area contributed by atoms with Crippen LogP contribution in [0.25, 0.3) is 0 Å². The fraction of sp³-hybridized carbons (Fsp3) is 0.455. The van der Waals surface area contributed by atoms with Crippen molar-refractivity contribution in [2.45, 2.75) is 31.4 Å². The van der Waals surface area contributed by atoms with Crippen LogP contribution in [0.1, 0.15) is 29.7 Å². The van der Waals surface area contributed by atoms with Gasteiger partial charge in [0, 0.05) is 32.2 Å². The molecule has 1 N–H and O–H groups in total. The third-order valence-electron chi connectivity index (χ3n) is 5.90. The smallest absolute Gasteiger partial charge is 0.126 e. The molecule has 27 heavy (non-hydrogen) atoms. The molecular formula is C22H26F2N2O. The molecule has 0 radical (unpaired) electrons. The maximum absolute atomic E-state index is 13.6. The zero-order valence-electron chi connectivity index (χ0n) is 15.7. The monoisotopic (exact) mass is 372 g/mol. The van der Waals surface area contributed by atoms with E-state index in [1.807, 2.05) is 6.92 Å². The first-order valence-corrected chi connectivity index (χ1v) is 9.66. The fourth-order valence-electron chi connectivity index (χ4n) is 4.42. The van der Waals surface area contributed by atoms with Gasteiger partial charge in [0.2, 0.25) is 0 Å². The average molecular weight is 372 g/mol. The van der Waals surface area contributed by atoms with E-state index >= 15 is 0 Å². The maximum atomic E-state index is 13.6. The second kappa shape index (κ2) is 7.66. The molecule has 1 heterocycles. The van der Waals surface area contributed by atoms with Gasteiger partial charge in [0.15, 0.2) is 0 Å². The molecule has 2 aliphatic rings. The average Bonchev–Trinajstić information content (AvgIpc) is 3.06. The van der Waals surface area contributed by atoms with Crippen molar-refractivity contribution in [1.82, 2.24) is 10.2 Å². The normalized spacial score (nSPS) is 20.4. The predicted molar refractivity (Wildman–Crippen MR) is 102 cm³/mol. The highest BCUT2D eigenvalue weighted by Crippen LogP contribution is 2.36. The number of ether oxygens (including phenoxy) is 1. The Hall–Kier alpha value is -1.82. The van der Waals surface area contributed by atoms with Crippen molar-refractivity contribution in [2.24, 2.45) is 0 Å². The van der Waals surface area contributed by atoms with E-state index in [1.54, 1.807) is 0 Å². The highest BCUT2D eigenvalue weighted by molar-refractivity contribution is 5.36. The van der Waals surface area contributed by atoms with Crippen LogP contribution in [0, 0.1) is 11.6 Å². The Balaban J connectivity index is 1.53. The van der Waals surface area contributed by atoms with Crippen molar-refractivity contribution in [3.63, 3.8) is 0 Å². The first kappa shape index (κ1) is 18.5. The van der Waals surface area contributed by atoms with Crippen molar-refractivity contribution in [3.05, 3.63) is 70.8 Å². The number of benzene rings is 2. The number of rotatable bonds is 5. The second-order valence-electron chi connectivity index (χ2n) is 7.74. The molecule has 1 saturated heterocycles. The number of fused-ring (bicyclic) bond motifs is 1. The topological polar surface area (TPSA) is 24.5 Å². The van der Waals surface area contributed by atoms with Crippen molar-refractivity contribution in [2.75, 3.05) is 32.8 Å². The Morgan fingerprint density at radius 3 is 2.22 bits per heavy atom. The van der Waals surface area contributed by atoms with Gasteiger partial charge in [0.05, 0.1) is 18.2 Å². The van der Waals surface area contributed by atoms with Crippen LogP contribution < -0.4 is 5.32 Å². The Morgan fingerprint density at radius 1 is 1.04 bits per heavy atom. The number of nitrogens with one attached hydrogen (secondary N) is 1. The lowest BCUT2D eigenvalue weighted by molar-refractivity contribution is -0.0380. The lowest BCUT2D eigenvalue weighted by Crippen LogP contribution is -2.59. The van der Waals surface area contributed by atoms with E-state index in [2.05, 4.69) is 34.5 Å². The number of nitrogens with zero attached hydrogens (tertiary/aromatic N) is 1. The van der Waals surface area contributed by atoms with Crippen LogP contribution in [-0.4, -0.2) is 43.2 Å². The van der Waals surface area contributed by atoms with E-state index in [9.17, 15) is 8.78 Å². The summed E-state index contributed by atoms with van der Waals surface area (Å²) in [4.78, 5) is 2.53. The Bertz CT molecular complexity index is 759. The Kier molecular flexibility index (Phi) is 5.26. The molecule has 1 fully saturated rings. The van der Waals surface area contributed by atoms with Gasteiger partial charge in [-0.05, 0) is 48.6 Å². The van der Waals surface area contributed by atoms with Gasteiger partial charge in [-0.3, -0.25) is 4.90 Å². The van der Waals surface area contributed by atoms with Crippen LogP contribution in [0.4, 0.5) is 8.78 Å². The second-order valence-corrected chi connectivity index (χ2v) is 7.74. The van der Waals surface area contributed by atoms with Crippen molar-refractivity contribution in [1.29, 1.82) is 0 Å². The summed E-state index contributed by atoms with van der Waals surface area (Å²) < 4.78 is 33.3. The zero-order chi connectivity index (χ0) is 18.9. The number of piperazine rings is 1. The molecule has 0 spiro atoms. The van der Waals surface area contributed by atoms with Crippen LogP contribution >= 0.6 is 0 Å². The minimum absolute atomic E-state index is 0.0914. The molecule has 1 atom stereocenters. The van der Waals surface area contributed by atoms with Gasteiger partial charge in [-0.25, -0.2) is 8.78 Å². The number of hydrogen-bond acceptors (Lipinski definition) is 3. The molecule has 144 valence electrons. The Labute approximate surface area is 159 Å². The molecular weight excluding hydrogens is 346 g/mol. The van der Waals surface area contributed by atoms with Gasteiger partial charge in [0.25, 0.3) is 0 Å². The van der Waals surface area contributed by atoms with Gasteiger partial charge in [-0.2, -0.15) is 0 Å². The molecule has 2 aromatic carbocycles. The van der Waals surface area contributed by atoms with E-state index in [0.717, 1.165) is 45.1 Å². The van der Waals surface area contributed by atoms with Crippen LogP contribution in [-0.2, 0) is 17.6 Å². The van der Waals surface area contributed by atoms with E-state index < -0.39 is 11.6 Å². The summed E-state index contributed by atoms with van der Waals surface area (Å²) in [6.45, 7) is 6.33. The van der Waals surface area contributed by atoms with Gasteiger partial charge in [-0.15, -0.1) is 0 Å². The molecule has 0 aromatic heterocycles. The molecule has 1 aliphatic heterocycles. The van der Waals surface area contributed by atoms with Crippen LogP contribution in [0.5, 0.6) is 0 Å². The highest BCUT2D eigenvalue weighted by atomic mass is 19.1. The van der Waals surface area contributed by atoms with Gasteiger partial charge in [-0.1, -0.05) is 24.3 Å². The highest BCUT2D eigenvalue weighted by Gasteiger charge is 2.43. The lowest BCUT2D eigenvalue weighted by atomic mass is 9.93. The van der Waals surface area contributed by atoms with Crippen LogP contribution in [0.2, 0.25) is 0 Å². The van der Waals surface area contributed by atoms with E-state index in [0.29, 0.717) is 12.2 Å². The predicted octanol–water partition coefficient (Wildman–Crippen LogP) is 3.49. The van der Waals surface area contributed by atoms with E-state index in [4.69, 9.17) is 4.74 Å². The molecule has 0 unspecified atom stereocenters. The summed E-state index contributed by atoms with van der Waals surface area (Å²) in [5, 5.41) is 3.41. The fourth-order valence-corrected chi connectivity index (χ4v) is 4.42. The van der Waals surface area contributed by atoms with Gasteiger partial charge >= 0.3 is 0 Å². The summed E-state index contributed by atoms with van der Waals surface area (Å²) in [6.07, 6.45) is 1.54. The molecule has 0 bridgehead atoms. The third-order valence-corrected chi connectivity index (χ3v) is 5.90. The van der Waals surface area contributed by atoms with E-state index in [-0.39, 0.29) is 11.6 Å². The first-order valence-electron chi connectivity index (χ1n) is 9.66. The molecule has 0 saturated carbocycles. The standard InChI is InChI=1S/C22H26F2N2O/c1-16(19-10-20(23)12-21(24)11-19)27-15-22(26-8-6-25-7-9-26)13-17-4-2-3-5-18(17)14-22/h2-5,10-12,16,25H,6-9,13-15H2,1H3/t16-/m0/s1. The first-order chi connectivity index (χ1) is 13.1. The molecule has 3 nitrogen and oxygen atoms in total. The summed E-state index contributed by atoms with van der Waals surface area (Å²) in [5.41, 5.74) is 3.21. The van der Waals surface area contributed by atoms with Crippen molar-refractivity contribution in [3.8, 4) is 0 Å². The third kappa shape index (κ3) is 3.91. The summed E-state index contributed by atoms with van der Waals surface area (Å²) in [6, 6.07) is 12.2. The molecule has 2 aromatic rings. The maximum Gasteiger partial charge on any atom is 0.126 e. The molecule has 5 heteroatoms. The molecule has 1 aliphatic carbocycles. The lowest BCUT2D eigenvalue weighted by Gasteiger charge is -2.44. The summed E-state index contributed by atoms with van der Waals surface area (Å²) >= 11 is 0. The van der Waals surface area contributed by atoms with E-state index in [1.165, 1.54) is 23.3 Å². The van der Waals surface area contributed by atoms with Crippen LogP contribution in [0.15, 0.2) is 42.5 Å². The summed E-state index contributed by atoms with van der Waals surface area (Å²) in [5.74, 6) is -1.13. The Morgan fingerprint density at radius 2 is 1.63 bits per heavy atom. The largest absolute Gasteiger partial charge is 0.372 e. The van der Waals surface area contributed by atoms with Crippen molar-refractivity contribution < 1.29 is 13.5 Å². The minimum atomic E-state index is -0.564. The quantitative estimate of drug-likeness (QED) is 0.870. The number of hydrogen-bond donors (Lipinski definition) is 1. The molecule has 4 rings (SSSR count). The van der Waals surface area contributed by atoms with Gasteiger partial charge < -0.3 is 10.1 Å².